The zero-order valence-corrected chi connectivity index (χ0v) is 20.0. The van der Waals surface area contributed by atoms with E-state index in [-0.39, 0.29) is 55.1 Å². The summed E-state index contributed by atoms with van der Waals surface area (Å²) in [6.45, 7) is 5.40. The summed E-state index contributed by atoms with van der Waals surface area (Å²) in [6, 6.07) is 0. The number of fused-ring (bicyclic) bond motifs is 5. The lowest BCUT2D eigenvalue weighted by Gasteiger charge is -2.60. The maximum atomic E-state index is 13.1. The predicted octanol–water partition coefficient (Wildman–Crippen LogP) is 2.22. The SMILES string of the molecule is C[C@H]1CC2[C@H](C(O)C[C@@]3(C)[C@H]2CC[C@]3(O)C(=O)COC(=O)CCC(=O)O)[C@@]2(C)C=CC(=O)C=C12. The Morgan fingerprint density at radius 3 is 2.59 bits per heavy atom. The van der Waals surface area contributed by atoms with Crippen LogP contribution in [0, 0.1) is 34.5 Å². The van der Waals surface area contributed by atoms with E-state index < -0.39 is 46.9 Å². The van der Waals surface area contributed by atoms with Gasteiger partial charge in [-0.3, -0.25) is 19.2 Å². The Balaban J connectivity index is 1.56. The molecule has 0 aromatic rings. The quantitative estimate of drug-likeness (QED) is 0.498. The molecule has 0 spiro atoms. The van der Waals surface area contributed by atoms with Crippen LogP contribution in [-0.4, -0.2) is 57.1 Å². The smallest absolute Gasteiger partial charge is 0.306 e. The fourth-order valence-electron chi connectivity index (χ4n) is 7.76. The highest BCUT2D eigenvalue weighted by atomic mass is 16.5. The van der Waals surface area contributed by atoms with Crippen LogP contribution in [0.1, 0.15) is 59.3 Å². The minimum Gasteiger partial charge on any atom is -0.481 e. The number of aliphatic hydroxyl groups is 2. The number of hydrogen-bond donors (Lipinski definition) is 3. The van der Waals surface area contributed by atoms with Gasteiger partial charge in [0.05, 0.1) is 18.9 Å². The number of hydrogen-bond acceptors (Lipinski definition) is 7. The monoisotopic (exact) mass is 474 g/mol. The first-order valence-electron chi connectivity index (χ1n) is 12.1. The van der Waals surface area contributed by atoms with E-state index in [0.717, 1.165) is 12.0 Å². The standard InChI is InChI=1S/C26H34O8/c1-14-10-16-17-7-9-26(33,20(29)13-34-22(32)5-4-21(30)31)25(17,3)12-19(28)23(16)24(2)8-6-15(27)11-18(14)24/h6,8,11,14,16-17,19,23,28,33H,4-5,7,9-10,12-13H2,1-3H3,(H,30,31)/t14-,16?,17-,19?,23+,24-,25-,26-/m0/s1. The van der Waals surface area contributed by atoms with Gasteiger partial charge in [0.2, 0.25) is 5.78 Å². The summed E-state index contributed by atoms with van der Waals surface area (Å²) in [4.78, 5) is 47.7. The van der Waals surface area contributed by atoms with E-state index in [1.165, 1.54) is 0 Å². The average molecular weight is 475 g/mol. The molecule has 8 heteroatoms. The minimum atomic E-state index is -1.74. The molecule has 0 heterocycles. The normalized spacial score (nSPS) is 42.8. The van der Waals surface area contributed by atoms with Gasteiger partial charge in [-0.25, -0.2) is 0 Å². The van der Waals surface area contributed by atoms with Crippen LogP contribution in [0.4, 0.5) is 0 Å². The lowest BCUT2D eigenvalue weighted by Crippen LogP contribution is -2.62. The highest BCUT2D eigenvalue weighted by molar-refractivity contribution is 6.01. The summed E-state index contributed by atoms with van der Waals surface area (Å²) >= 11 is 0. The van der Waals surface area contributed by atoms with Crippen LogP contribution in [-0.2, 0) is 23.9 Å². The van der Waals surface area contributed by atoms with Crippen molar-refractivity contribution >= 4 is 23.5 Å². The molecule has 0 aliphatic heterocycles. The molecule has 34 heavy (non-hydrogen) atoms. The molecule has 186 valence electrons. The molecular weight excluding hydrogens is 440 g/mol. The van der Waals surface area contributed by atoms with Gasteiger partial charge >= 0.3 is 11.9 Å². The fraction of sp³-hybridized carbons (Fsp3) is 0.692. The van der Waals surface area contributed by atoms with Gasteiger partial charge in [-0.2, -0.15) is 0 Å². The van der Waals surface area contributed by atoms with Gasteiger partial charge in [0, 0.05) is 16.7 Å². The van der Waals surface area contributed by atoms with Crippen molar-refractivity contribution in [2.45, 2.75) is 71.0 Å². The number of allylic oxidation sites excluding steroid dienone is 4. The summed E-state index contributed by atoms with van der Waals surface area (Å²) in [7, 11) is 0. The van der Waals surface area contributed by atoms with Crippen molar-refractivity contribution in [3.05, 3.63) is 23.8 Å². The number of ketones is 2. The molecule has 3 fully saturated rings. The summed E-state index contributed by atoms with van der Waals surface area (Å²) in [5.74, 6) is -2.51. The average Bonchev–Trinajstić information content (AvgIpc) is 3.03. The number of aliphatic hydroxyl groups excluding tert-OH is 1. The number of carbonyl (C=O) groups is 4. The molecular formula is C26H34O8. The molecule has 0 bridgehead atoms. The summed E-state index contributed by atoms with van der Waals surface area (Å²) < 4.78 is 4.98. The number of esters is 1. The number of carbonyl (C=O) groups excluding carboxylic acids is 3. The van der Waals surface area contributed by atoms with Crippen molar-refractivity contribution in [1.82, 2.24) is 0 Å². The number of ether oxygens (including phenoxy) is 1. The molecule has 0 aromatic carbocycles. The van der Waals surface area contributed by atoms with E-state index in [1.54, 1.807) is 12.2 Å². The molecule has 3 saturated carbocycles. The van der Waals surface area contributed by atoms with Gasteiger partial charge in [0.1, 0.15) is 5.60 Å². The van der Waals surface area contributed by atoms with Gasteiger partial charge in [-0.1, -0.05) is 32.4 Å². The van der Waals surface area contributed by atoms with E-state index in [9.17, 15) is 29.4 Å². The van der Waals surface area contributed by atoms with Crippen molar-refractivity contribution < 1.29 is 39.2 Å². The van der Waals surface area contributed by atoms with Gasteiger partial charge in [0.15, 0.2) is 12.4 Å². The van der Waals surface area contributed by atoms with E-state index in [4.69, 9.17) is 9.84 Å². The predicted molar refractivity (Wildman–Crippen MR) is 120 cm³/mol. The molecule has 8 nitrogen and oxygen atoms in total. The van der Waals surface area contributed by atoms with E-state index in [2.05, 4.69) is 13.8 Å². The zero-order chi connectivity index (χ0) is 25.1. The van der Waals surface area contributed by atoms with Gasteiger partial charge in [-0.05, 0) is 55.6 Å². The second-order valence-corrected chi connectivity index (χ2v) is 11.1. The second-order valence-electron chi connectivity index (χ2n) is 11.1. The lowest BCUT2D eigenvalue weighted by molar-refractivity contribution is -0.182. The first-order valence-corrected chi connectivity index (χ1v) is 12.1. The van der Waals surface area contributed by atoms with Crippen molar-refractivity contribution in [2.75, 3.05) is 6.61 Å². The van der Waals surface area contributed by atoms with E-state index in [1.807, 2.05) is 13.0 Å². The molecule has 4 rings (SSSR count). The topological polar surface area (TPSA) is 138 Å². The van der Waals surface area contributed by atoms with Crippen molar-refractivity contribution in [1.29, 1.82) is 0 Å². The highest BCUT2D eigenvalue weighted by Gasteiger charge is 2.68. The summed E-state index contributed by atoms with van der Waals surface area (Å²) in [5, 5.41) is 31.7. The van der Waals surface area contributed by atoms with Crippen molar-refractivity contribution in [3.63, 3.8) is 0 Å². The molecule has 4 aliphatic rings. The third kappa shape index (κ3) is 3.66. The van der Waals surface area contributed by atoms with Crippen molar-refractivity contribution in [2.24, 2.45) is 34.5 Å². The largest absolute Gasteiger partial charge is 0.481 e. The molecule has 3 N–H and O–H groups in total. The number of carboxylic acid groups (broad SMARTS) is 1. The van der Waals surface area contributed by atoms with Crippen LogP contribution < -0.4 is 0 Å². The minimum absolute atomic E-state index is 0.00980. The first-order chi connectivity index (χ1) is 15.8. The zero-order valence-electron chi connectivity index (χ0n) is 20.0. The molecule has 2 unspecified atom stereocenters. The number of rotatable bonds is 6. The van der Waals surface area contributed by atoms with Crippen molar-refractivity contribution in [3.8, 4) is 0 Å². The summed E-state index contributed by atoms with van der Waals surface area (Å²) in [5.41, 5.74) is -2.04. The van der Waals surface area contributed by atoms with Crippen LogP contribution in [0.15, 0.2) is 23.8 Å². The van der Waals surface area contributed by atoms with Crippen LogP contribution in [0.2, 0.25) is 0 Å². The van der Waals surface area contributed by atoms with Gasteiger partial charge < -0.3 is 20.1 Å². The van der Waals surface area contributed by atoms with Gasteiger partial charge in [-0.15, -0.1) is 0 Å². The second kappa shape index (κ2) is 8.41. The van der Waals surface area contributed by atoms with Gasteiger partial charge in [0.25, 0.3) is 0 Å². The Labute approximate surface area is 199 Å². The Morgan fingerprint density at radius 2 is 1.91 bits per heavy atom. The van der Waals surface area contributed by atoms with Crippen LogP contribution in [0.5, 0.6) is 0 Å². The third-order valence-corrected chi connectivity index (χ3v) is 9.34. The fourth-order valence-corrected chi connectivity index (χ4v) is 7.76. The molecule has 0 amide bonds. The number of aliphatic carboxylic acids is 1. The molecule has 0 saturated heterocycles. The third-order valence-electron chi connectivity index (χ3n) is 9.34. The maximum absolute atomic E-state index is 13.1. The Kier molecular flexibility index (Phi) is 6.13. The Hall–Kier alpha value is -2.32. The van der Waals surface area contributed by atoms with E-state index in [0.29, 0.717) is 6.42 Å². The van der Waals surface area contributed by atoms with Crippen LogP contribution in [0.3, 0.4) is 0 Å². The number of Topliss-reactive ketones (excluding diaryl/α,β-unsaturated/α-hetero) is 1. The maximum Gasteiger partial charge on any atom is 0.306 e. The van der Waals surface area contributed by atoms with E-state index >= 15 is 0 Å². The highest BCUT2D eigenvalue weighted by Crippen LogP contribution is 2.67. The first kappa shape index (κ1) is 24.8. The number of carboxylic acids is 1. The lowest BCUT2D eigenvalue weighted by atomic mass is 9.45. The molecule has 0 radical (unpaired) electrons. The molecule has 8 atom stereocenters. The van der Waals surface area contributed by atoms with Crippen LogP contribution >= 0.6 is 0 Å². The summed E-state index contributed by atoms with van der Waals surface area (Å²) in [6.07, 6.45) is 5.52. The Bertz CT molecular complexity index is 981. The van der Waals surface area contributed by atoms with Crippen LogP contribution in [0.25, 0.3) is 0 Å². The Morgan fingerprint density at radius 1 is 1.21 bits per heavy atom. The molecule has 4 aliphatic carbocycles. The molecule has 0 aromatic heterocycles.